The van der Waals surface area contributed by atoms with Crippen LogP contribution in [0, 0.1) is 19.8 Å². The molecule has 2 rings (SSSR count). The molecule has 1 aromatic heterocycles. The lowest BCUT2D eigenvalue weighted by Crippen LogP contribution is -2.30. The van der Waals surface area contributed by atoms with Gasteiger partial charge in [0.15, 0.2) is 0 Å². The second-order valence-corrected chi connectivity index (χ2v) is 6.04. The molecule has 1 fully saturated rings. The van der Waals surface area contributed by atoms with E-state index in [9.17, 15) is 0 Å². The molecule has 15 heavy (non-hydrogen) atoms. The second-order valence-electron chi connectivity index (χ2n) is 4.63. The third kappa shape index (κ3) is 2.58. The van der Waals surface area contributed by atoms with Crippen molar-refractivity contribution in [3.8, 4) is 0 Å². The van der Waals surface area contributed by atoms with E-state index in [0.717, 1.165) is 12.5 Å². The fourth-order valence-electron chi connectivity index (χ4n) is 2.41. The Bertz CT molecular complexity index is 332. The molecule has 0 aliphatic heterocycles. The van der Waals surface area contributed by atoms with Crippen molar-refractivity contribution in [2.24, 2.45) is 5.92 Å². The van der Waals surface area contributed by atoms with Crippen molar-refractivity contribution in [1.29, 1.82) is 0 Å². The van der Waals surface area contributed by atoms with Gasteiger partial charge in [0.25, 0.3) is 0 Å². The van der Waals surface area contributed by atoms with Crippen LogP contribution >= 0.6 is 11.3 Å². The van der Waals surface area contributed by atoms with Gasteiger partial charge in [-0.05, 0) is 32.6 Å². The maximum Gasteiger partial charge on any atom is 0.0900 e. The summed E-state index contributed by atoms with van der Waals surface area (Å²) in [5.41, 5.74) is 1.25. The monoisotopic (exact) mass is 224 g/mol. The molecular weight excluding hydrogens is 204 g/mol. The Kier molecular flexibility index (Phi) is 3.42. The van der Waals surface area contributed by atoms with Gasteiger partial charge in [-0.2, -0.15) is 0 Å². The Balaban J connectivity index is 1.90. The number of hydrogen-bond donors (Lipinski definition) is 1. The zero-order valence-corrected chi connectivity index (χ0v) is 10.7. The van der Waals surface area contributed by atoms with Gasteiger partial charge >= 0.3 is 0 Å². The molecule has 84 valence electrons. The Morgan fingerprint density at radius 1 is 1.40 bits per heavy atom. The Morgan fingerprint density at radius 2 is 2.20 bits per heavy atom. The van der Waals surface area contributed by atoms with E-state index in [-0.39, 0.29) is 0 Å². The van der Waals surface area contributed by atoms with Crippen LogP contribution in [0.4, 0.5) is 0 Å². The lowest BCUT2D eigenvalue weighted by atomic mass is 10.1. The van der Waals surface area contributed by atoms with Crippen LogP contribution < -0.4 is 5.32 Å². The van der Waals surface area contributed by atoms with Crippen molar-refractivity contribution < 1.29 is 0 Å². The molecular formula is C12H20N2S. The van der Waals surface area contributed by atoms with Crippen molar-refractivity contribution in [3.05, 3.63) is 15.6 Å². The number of nitrogens with one attached hydrogen (secondary N) is 1. The summed E-state index contributed by atoms with van der Waals surface area (Å²) in [7, 11) is 0. The van der Waals surface area contributed by atoms with E-state index in [1.165, 1.54) is 34.8 Å². The molecule has 2 unspecified atom stereocenters. The number of thiazole rings is 1. The van der Waals surface area contributed by atoms with Crippen molar-refractivity contribution in [2.45, 2.75) is 52.6 Å². The fourth-order valence-corrected chi connectivity index (χ4v) is 3.25. The minimum Gasteiger partial charge on any atom is -0.308 e. The molecule has 1 aliphatic carbocycles. The lowest BCUT2D eigenvalue weighted by Gasteiger charge is -2.16. The summed E-state index contributed by atoms with van der Waals surface area (Å²) in [4.78, 5) is 5.92. The first-order chi connectivity index (χ1) is 7.16. The van der Waals surface area contributed by atoms with E-state index >= 15 is 0 Å². The highest BCUT2D eigenvalue weighted by Gasteiger charge is 2.22. The standard InChI is InChI=1S/C12H20N2S/c1-8-5-4-6-11(8)13-7-12-9(2)15-10(3)14-12/h8,11,13H,4-7H2,1-3H3. The molecule has 2 nitrogen and oxygen atoms in total. The maximum atomic E-state index is 4.55. The molecule has 1 heterocycles. The van der Waals surface area contributed by atoms with Gasteiger partial charge in [0.1, 0.15) is 0 Å². The quantitative estimate of drug-likeness (QED) is 0.853. The summed E-state index contributed by atoms with van der Waals surface area (Å²) in [5, 5.41) is 4.83. The minimum absolute atomic E-state index is 0.714. The van der Waals surface area contributed by atoms with E-state index in [1.54, 1.807) is 11.3 Å². The highest BCUT2D eigenvalue weighted by Crippen LogP contribution is 2.25. The Hall–Kier alpha value is -0.410. The summed E-state index contributed by atoms with van der Waals surface area (Å²) in [6, 6.07) is 0.714. The third-order valence-corrected chi connectivity index (χ3v) is 4.32. The normalized spacial score (nSPS) is 26.1. The van der Waals surface area contributed by atoms with Gasteiger partial charge in [-0.1, -0.05) is 13.3 Å². The van der Waals surface area contributed by atoms with Crippen molar-refractivity contribution in [3.63, 3.8) is 0 Å². The number of nitrogens with zero attached hydrogens (tertiary/aromatic N) is 1. The second kappa shape index (κ2) is 4.62. The molecule has 1 saturated carbocycles. The largest absolute Gasteiger partial charge is 0.308 e. The highest BCUT2D eigenvalue weighted by atomic mass is 32.1. The van der Waals surface area contributed by atoms with Gasteiger partial charge in [-0.3, -0.25) is 0 Å². The summed E-state index contributed by atoms with van der Waals surface area (Å²) in [5.74, 6) is 0.838. The van der Waals surface area contributed by atoms with Crippen LogP contribution in [0.5, 0.6) is 0 Å². The number of hydrogen-bond acceptors (Lipinski definition) is 3. The van der Waals surface area contributed by atoms with Gasteiger partial charge in [0.2, 0.25) is 0 Å². The molecule has 0 aromatic carbocycles. The molecule has 2 atom stereocenters. The van der Waals surface area contributed by atoms with Gasteiger partial charge in [-0.15, -0.1) is 11.3 Å². The Morgan fingerprint density at radius 3 is 2.73 bits per heavy atom. The average molecular weight is 224 g/mol. The van der Waals surface area contributed by atoms with Gasteiger partial charge in [-0.25, -0.2) is 4.98 Å². The third-order valence-electron chi connectivity index (χ3n) is 3.39. The van der Waals surface area contributed by atoms with Crippen LogP contribution in [-0.4, -0.2) is 11.0 Å². The zero-order chi connectivity index (χ0) is 10.8. The molecule has 1 aliphatic rings. The maximum absolute atomic E-state index is 4.55. The predicted molar refractivity (Wildman–Crippen MR) is 65.2 cm³/mol. The van der Waals surface area contributed by atoms with E-state index in [0.29, 0.717) is 6.04 Å². The average Bonchev–Trinajstić information content (AvgIpc) is 2.70. The van der Waals surface area contributed by atoms with Crippen molar-refractivity contribution in [2.75, 3.05) is 0 Å². The first-order valence-corrected chi connectivity index (χ1v) is 6.64. The lowest BCUT2D eigenvalue weighted by molar-refractivity contribution is 0.423. The number of aryl methyl sites for hydroxylation is 2. The number of rotatable bonds is 3. The van der Waals surface area contributed by atoms with Crippen LogP contribution in [0.25, 0.3) is 0 Å². The van der Waals surface area contributed by atoms with Crippen molar-refractivity contribution in [1.82, 2.24) is 10.3 Å². The van der Waals surface area contributed by atoms with Gasteiger partial charge < -0.3 is 5.32 Å². The van der Waals surface area contributed by atoms with Crippen LogP contribution in [0.3, 0.4) is 0 Å². The van der Waals surface area contributed by atoms with E-state index in [4.69, 9.17) is 0 Å². The summed E-state index contributed by atoms with van der Waals surface area (Å²) < 4.78 is 0. The molecule has 3 heteroatoms. The summed E-state index contributed by atoms with van der Waals surface area (Å²) in [6.07, 6.45) is 4.10. The van der Waals surface area contributed by atoms with Crippen LogP contribution in [0.1, 0.15) is 41.8 Å². The summed E-state index contributed by atoms with van der Waals surface area (Å²) in [6.45, 7) is 7.55. The first kappa shape index (κ1) is 11.1. The highest BCUT2D eigenvalue weighted by molar-refractivity contribution is 7.11. The van der Waals surface area contributed by atoms with Gasteiger partial charge in [0.05, 0.1) is 10.7 Å². The van der Waals surface area contributed by atoms with Crippen LogP contribution in [0.15, 0.2) is 0 Å². The predicted octanol–water partition coefficient (Wildman–Crippen LogP) is 3.04. The smallest absolute Gasteiger partial charge is 0.0900 e. The van der Waals surface area contributed by atoms with Gasteiger partial charge in [0, 0.05) is 17.5 Å². The van der Waals surface area contributed by atoms with Crippen LogP contribution in [0.2, 0.25) is 0 Å². The van der Waals surface area contributed by atoms with Crippen molar-refractivity contribution >= 4 is 11.3 Å². The van der Waals surface area contributed by atoms with E-state index in [1.807, 2.05) is 0 Å². The molecule has 1 aromatic rings. The fraction of sp³-hybridized carbons (Fsp3) is 0.750. The van der Waals surface area contributed by atoms with Crippen LogP contribution in [-0.2, 0) is 6.54 Å². The first-order valence-electron chi connectivity index (χ1n) is 5.83. The van der Waals surface area contributed by atoms with E-state index < -0.39 is 0 Å². The molecule has 0 spiro atoms. The Labute approximate surface area is 96.1 Å². The molecule has 0 radical (unpaired) electrons. The SMILES string of the molecule is Cc1nc(CNC2CCCC2C)c(C)s1. The molecule has 0 bridgehead atoms. The molecule has 0 saturated heterocycles. The number of aromatic nitrogens is 1. The zero-order valence-electron chi connectivity index (χ0n) is 9.84. The molecule has 0 amide bonds. The minimum atomic E-state index is 0.714. The topological polar surface area (TPSA) is 24.9 Å². The molecule has 1 N–H and O–H groups in total. The van der Waals surface area contributed by atoms with E-state index in [2.05, 4.69) is 31.1 Å². The summed E-state index contributed by atoms with van der Waals surface area (Å²) >= 11 is 1.80.